The van der Waals surface area contributed by atoms with Gasteiger partial charge >= 0.3 is 0 Å². The standard InChI is InChI=1S/2C17H18BrN3O.C9H5BrClN/c2*1-17(2)9-13(7-14(22)10-17)19-16-8-15(20-21-16)11-3-5-12(18)6-4-11;10-8-3-1-7(2-4-8)9(11)5-6-12/h2*3-8H,9-10H2,1-2H3,(H2,19,20,21);1-5H/b;;9-5-. The van der Waals surface area contributed by atoms with Crippen molar-refractivity contribution < 1.29 is 9.59 Å². The van der Waals surface area contributed by atoms with Crippen LogP contribution in [0.1, 0.15) is 58.9 Å². The van der Waals surface area contributed by atoms with E-state index in [4.69, 9.17) is 16.9 Å². The molecule has 0 amide bonds. The van der Waals surface area contributed by atoms with Crippen molar-refractivity contribution in [2.75, 3.05) is 10.6 Å². The molecular formula is C43H41Br3ClN7O2. The lowest BCUT2D eigenvalue weighted by Gasteiger charge is -2.28. The molecule has 0 spiro atoms. The summed E-state index contributed by atoms with van der Waals surface area (Å²) in [5.74, 6) is 1.80. The lowest BCUT2D eigenvalue weighted by molar-refractivity contribution is -0.117. The van der Waals surface area contributed by atoms with E-state index in [1.807, 2.05) is 91.0 Å². The van der Waals surface area contributed by atoms with E-state index in [1.165, 1.54) is 6.08 Å². The molecule has 2 aliphatic carbocycles. The van der Waals surface area contributed by atoms with Gasteiger partial charge in [0.2, 0.25) is 0 Å². The van der Waals surface area contributed by atoms with Crippen LogP contribution in [0.4, 0.5) is 11.6 Å². The summed E-state index contributed by atoms with van der Waals surface area (Å²) in [6.45, 7) is 8.43. The summed E-state index contributed by atoms with van der Waals surface area (Å²) in [6, 6.07) is 29.3. The zero-order valence-corrected chi connectivity index (χ0v) is 36.8. The molecule has 2 heterocycles. The van der Waals surface area contributed by atoms with Crippen LogP contribution in [0, 0.1) is 22.2 Å². The van der Waals surface area contributed by atoms with Crippen LogP contribution >= 0.6 is 59.4 Å². The van der Waals surface area contributed by atoms with E-state index in [2.05, 4.69) is 107 Å². The molecule has 13 heteroatoms. The van der Waals surface area contributed by atoms with Crippen LogP contribution in [0.2, 0.25) is 0 Å². The lowest BCUT2D eigenvalue weighted by Crippen LogP contribution is -2.24. The fourth-order valence-electron chi connectivity index (χ4n) is 6.26. The summed E-state index contributed by atoms with van der Waals surface area (Å²) < 4.78 is 3.08. The number of ketones is 2. The van der Waals surface area contributed by atoms with Gasteiger partial charge in [-0.2, -0.15) is 15.5 Å². The largest absolute Gasteiger partial charge is 0.342 e. The predicted octanol–water partition coefficient (Wildman–Crippen LogP) is 12.6. The number of H-pyrrole nitrogens is 2. The van der Waals surface area contributed by atoms with Crippen molar-refractivity contribution in [2.24, 2.45) is 10.8 Å². The van der Waals surface area contributed by atoms with Gasteiger partial charge in [0.15, 0.2) is 23.2 Å². The molecule has 9 nitrogen and oxygen atoms in total. The van der Waals surface area contributed by atoms with E-state index in [-0.39, 0.29) is 22.4 Å². The number of rotatable bonds is 7. The minimum atomic E-state index is -0.000981. The third-order valence-electron chi connectivity index (χ3n) is 8.67. The van der Waals surface area contributed by atoms with Gasteiger partial charge in [0.05, 0.1) is 22.5 Å². The first-order valence-electron chi connectivity index (χ1n) is 17.7. The number of nitrogens with zero attached hydrogens (tertiary/aromatic N) is 3. The van der Waals surface area contributed by atoms with Crippen molar-refractivity contribution in [3.8, 4) is 28.6 Å². The molecule has 56 heavy (non-hydrogen) atoms. The summed E-state index contributed by atoms with van der Waals surface area (Å²) in [5, 5.41) is 29.9. The number of aromatic amines is 2. The van der Waals surface area contributed by atoms with Gasteiger partial charge in [0, 0.05) is 68.0 Å². The van der Waals surface area contributed by atoms with E-state index >= 15 is 0 Å². The minimum Gasteiger partial charge on any atom is -0.342 e. The Morgan fingerprint density at radius 3 is 1.41 bits per heavy atom. The first kappa shape index (κ1) is 42.6. The van der Waals surface area contributed by atoms with Crippen LogP contribution in [0.15, 0.2) is 128 Å². The number of carbonyl (C=O) groups is 2. The fraction of sp³-hybridized carbons (Fsp3) is 0.233. The molecule has 2 aliphatic rings. The highest BCUT2D eigenvalue weighted by Gasteiger charge is 2.29. The van der Waals surface area contributed by atoms with E-state index in [0.717, 1.165) is 77.4 Å². The highest BCUT2D eigenvalue weighted by atomic mass is 79.9. The third-order valence-corrected chi connectivity index (χ3v) is 10.6. The topological polar surface area (TPSA) is 139 Å². The summed E-state index contributed by atoms with van der Waals surface area (Å²) in [4.78, 5) is 23.6. The quantitative estimate of drug-likeness (QED) is 0.119. The average Bonchev–Trinajstić information content (AvgIpc) is 3.78. The predicted molar refractivity (Wildman–Crippen MR) is 236 cm³/mol. The van der Waals surface area contributed by atoms with Crippen LogP contribution in [0.3, 0.4) is 0 Å². The fourth-order valence-corrected chi connectivity index (χ4v) is 7.22. The Morgan fingerprint density at radius 1 is 0.679 bits per heavy atom. The molecule has 2 aromatic heterocycles. The van der Waals surface area contributed by atoms with Crippen molar-refractivity contribution >= 4 is 87.6 Å². The third kappa shape index (κ3) is 13.0. The molecule has 0 bridgehead atoms. The number of halogens is 4. The number of hydrogen-bond donors (Lipinski definition) is 4. The SMILES string of the molecule is CC1(C)CC(=O)C=C(Nc2cc(-c3ccc(Br)cc3)[nH]n2)C1.CC1(C)CC(=O)C=C(Nc2cc(-c3ccc(Br)cc3)[nH]n2)C1.N#C/C=C(\Cl)c1ccc(Br)cc1. The van der Waals surface area contributed by atoms with Gasteiger partial charge in [-0.25, -0.2) is 0 Å². The highest BCUT2D eigenvalue weighted by Crippen LogP contribution is 2.35. The Bertz CT molecular complexity index is 2170. The molecule has 5 aromatic rings. The molecule has 0 atom stereocenters. The number of benzene rings is 3. The van der Waals surface area contributed by atoms with Gasteiger partial charge in [-0.1, -0.05) is 123 Å². The van der Waals surface area contributed by atoms with Crippen molar-refractivity contribution in [2.45, 2.75) is 53.4 Å². The Hall–Kier alpha value is -4.54. The van der Waals surface area contributed by atoms with Crippen LogP contribution < -0.4 is 10.6 Å². The first-order chi connectivity index (χ1) is 26.6. The molecule has 0 saturated heterocycles. The molecule has 0 radical (unpaired) electrons. The van der Waals surface area contributed by atoms with E-state index in [0.29, 0.717) is 17.9 Å². The Labute approximate surface area is 357 Å². The number of nitriles is 1. The number of nitrogens with one attached hydrogen (secondary N) is 4. The zero-order chi connectivity index (χ0) is 40.5. The summed E-state index contributed by atoms with van der Waals surface area (Å²) >= 11 is 15.9. The normalized spacial score (nSPS) is 15.9. The van der Waals surface area contributed by atoms with Crippen molar-refractivity contribution in [1.29, 1.82) is 5.26 Å². The van der Waals surface area contributed by atoms with E-state index < -0.39 is 0 Å². The van der Waals surface area contributed by atoms with Crippen molar-refractivity contribution in [3.63, 3.8) is 0 Å². The van der Waals surface area contributed by atoms with Gasteiger partial charge in [-0.05, 0) is 76.8 Å². The maximum Gasteiger partial charge on any atom is 0.157 e. The van der Waals surface area contributed by atoms with Gasteiger partial charge in [0.25, 0.3) is 0 Å². The molecule has 0 aliphatic heterocycles. The van der Waals surface area contributed by atoms with Crippen LogP contribution in [-0.2, 0) is 9.59 Å². The van der Waals surface area contributed by atoms with Gasteiger partial charge in [-0.15, -0.1) is 0 Å². The maximum atomic E-state index is 11.8. The van der Waals surface area contributed by atoms with Crippen LogP contribution in [0.5, 0.6) is 0 Å². The molecule has 3 aromatic carbocycles. The number of hydrogen-bond acceptors (Lipinski definition) is 7. The summed E-state index contributed by atoms with van der Waals surface area (Å²) in [7, 11) is 0. The molecule has 4 N–H and O–H groups in total. The van der Waals surface area contributed by atoms with Crippen molar-refractivity contribution in [1.82, 2.24) is 20.4 Å². The van der Waals surface area contributed by atoms with Gasteiger partial charge < -0.3 is 10.6 Å². The molecule has 288 valence electrons. The Kier molecular flexibility index (Phi) is 14.5. The van der Waals surface area contributed by atoms with Gasteiger partial charge in [0.1, 0.15) is 0 Å². The number of allylic oxidation sites excluding steroid dienone is 5. The molecule has 0 fully saturated rings. The second kappa shape index (κ2) is 19.1. The number of aromatic nitrogens is 4. The maximum absolute atomic E-state index is 11.8. The molecule has 0 unspecified atom stereocenters. The van der Waals surface area contributed by atoms with Gasteiger partial charge in [-0.3, -0.25) is 19.8 Å². The molecule has 0 saturated carbocycles. The smallest absolute Gasteiger partial charge is 0.157 e. The van der Waals surface area contributed by atoms with E-state index in [1.54, 1.807) is 12.2 Å². The average molecular weight is 963 g/mol. The second-order valence-electron chi connectivity index (χ2n) is 15.0. The first-order valence-corrected chi connectivity index (χ1v) is 20.5. The van der Waals surface area contributed by atoms with Crippen molar-refractivity contribution in [3.05, 3.63) is 134 Å². The summed E-state index contributed by atoms with van der Waals surface area (Å²) in [5.41, 5.74) is 6.72. The van der Waals surface area contributed by atoms with E-state index in [9.17, 15) is 9.59 Å². The Balaban J connectivity index is 0.000000168. The summed E-state index contributed by atoms with van der Waals surface area (Å²) in [6.07, 6.45) is 7.59. The highest BCUT2D eigenvalue weighted by molar-refractivity contribution is 9.11. The molecule has 7 rings (SSSR count). The second-order valence-corrected chi connectivity index (χ2v) is 18.2. The number of carbonyl (C=O) groups excluding carboxylic acids is 2. The molecular weight excluding hydrogens is 922 g/mol. The van der Waals surface area contributed by atoms with Crippen LogP contribution in [-0.4, -0.2) is 32.0 Å². The lowest BCUT2D eigenvalue weighted by atomic mass is 9.79. The Morgan fingerprint density at radius 2 is 1.05 bits per heavy atom. The monoisotopic (exact) mass is 959 g/mol. The minimum absolute atomic E-state index is 0.000981. The number of anilines is 2. The zero-order valence-electron chi connectivity index (χ0n) is 31.3. The van der Waals surface area contributed by atoms with Crippen LogP contribution in [0.25, 0.3) is 27.5 Å².